The van der Waals surface area contributed by atoms with Gasteiger partial charge in [0.2, 0.25) is 11.8 Å². The lowest BCUT2D eigenvalue weighted by Crippen LogP contribution is -2.46. The van der Waals surface area contributed by atoms with E-state index in [0.29, 0.717) is 11.6 Å². The van der Waals surface area contributed by atoms with Gasteiger partial charge in [-0.3, -0.25) is 9.59 Å². The minimum Gasteiger partial charge on any atom is -0.346 e. The number of benzene rings is 1. The Morgan fingerprint density at radius 1 is 1.09 bits per heavy atom. The second-order valence-electron chi connectivity index (χ2n) is 5.81. The van der Waals surface area contributed by atoms with Gasteiger partial charge in [0.15, 0.2) is 0 Å². The largest absolute Gasteiger partial charge is 0.346 e. The number of halogens is 1. The van der Waals surface area contributed by atoms with Crippen LogP contribution in [0.2, 0.25) is 0 Å². The van der Waals surface area contributed by atoms with Crippen molar-refractivity contribution in [1.82, 2.24) is 5.32 Å². The van der Waals surface area contributed by atoms with Crippen molar-refractivity contribution in [3.05, 3.63) is 29.8 Å². The molecule has 0 heterocycles. The first-order chi connectivity index (χ1) is 9.81. The molecule has 0 saturated carbocycles. The van der Waals surface area contributed by atoms with E-state index in [2.05, 4.69) is 24.5 Å². The molecule has 1 rings (SSSR count). The van der Waals surface area contributed by atoms with E-state index in [-0.39, 0.29) is 36.7 Å². The van der Waals surface area contributed by atoms with Crippen LogP contribution < -0.4 is 16.4 Å². The van der Waals surface area contributed by atoms with Gasteiger partial charge < -0.3 is 16.4 Å². The van der Waals surface area contributed by atoms with Gasteiger partial charge in [-0.05, 0) is 29.5 Å². The van der Waals surface area contributed by atoms with Crippen molar-refractivity contribution in [2.45, 2.75) is 39.7 Å². The Hall–Kier alpha value is -1.59. The molecule has 6 heteroatoms. The minimum atomic E-state index is -0.594. The van der Waals surface area contributed by atoms with Crippen LogP contribution in [0.4, 0.5) is 5.69 Å². The number of rotatable bonds is 6. The molecule has 1 atom stereocenters. The van der Waals surface area contributed by atoms with Crippen molar-refractivity contribution in [1.29, 1.82) is 0 Å². The molecule has 0 spiro atoms. The number of carbonyl (C=O) groups excluding carboxylic acids is 2. The molecule has 2 amide bonds. The van der Waals surface area contributed by atoms with Crippen LogP contribution in [-0.4, -0.2) is 24.4 Å². The highest BCUT2D eigenvalue weighted by molar-refractivity contribution is 5.95. The first-order valence-corrected chi connectivity index (χ1v) is 7.24. The van der Waals surface area contributed by atoms with Crippen molar-refractivity contribution in [3.8, 4) is 0 Å². The molecule has 4 N–H and O–H groups in total. The highest BCUT2D eigenvalue weighted by Gasteiger charge is 2.17. The number of hydrogen-bond donors (Lipinski definition) is 3. The molecule has 0 unspecified atom stereocenters. The second kappa shape index (κ2) is 9.43. The normalized spacial score (nSPS) is 11.8. The van der Waals surface area contributed by atoms with Gasteiger partial charge in [-0.15, -0.1) is 12.4 Å². The monoisotopic (exact) mass is 327 g/mol. The van der Waals surface area contributed by atoms with E-state index < -0.39 is 6.04 Å². The van der Waals surface area contributed by atoms with Gasteiger partial charge in [0.1, 0.15) is 0 Å². The van der Waals surface area contributed by atoms with Gasteiger partial charge in [0, 0.05) is 5.69 Å². The molecule has 0 bridgehead atoms. The molecule has 0 fully saturated rings. The van der Waals surface area contributed by atoms with Gasteiger partial charge in [0.25, 0.3) is 0 Å². The lowest BCUT2D eigenvalue weighted by molar-refractivity contribution is -0.125. The number of nitrogens with two attached hydrogens (primary N) is 1. The van der Waals surface area contributed by atoms with Crippen molar-refractivity contribution in [2.24, 2.45) is 11.7 Å². The Bertz CT molecular complexity index is 487. The molecular weight excluding hydrogens is 302 g/mol. The molecule has 0 aliphatic heterocycles. The number of carbonyl (C=O) groups is 2. The molecule has 5 nitrogen and oxygen atoms in total. The average molecular weight is 328 g/mol. The van der Waals surface area contributed by atoms with E-state index in [4.69, 9.17) is 5.73 Å². The molecule has 1 aromatic rings. The summed E-state index contributed by atoms with van der Waals surface area (Å²) in [7, 11) is 0. The van der Waals surface area contributed by atoms with E-state index in [1.165, 1.54) is 5.56 Å². The summed E-state index contributed by atoms with van der Waals surface area (Å²) in [4.78, 5) is 23.4. The first-order valence-electron chi connectivity index (χ1n) is 7.24. The Kier molecular flexibility index (Phi) is 8.75. The first kappa shape index (κ1) is 20.4. The number of anilines is 1. The van der Waals surface area contributed by atoms with Gasteiger partial charge >= 0.3 is 0 Å². The third-order valence-electron chi connectivity index (χ3n) is 3.31. The third kappa shape index (κ3) is 6.45. The maximum Gasteiger partial charge on any atom is 0.243 e. The predicted molar refractivity (Wildman–Crippen MR) is 92.2 cm³/mol. The highest BCUT2D eigenvalue weighted by Crippen LogP contribution is 2.16. The third-order valence-corrected chi connectivity index (χ3v) is 3.31. The van der Waals surface area contributed by atoms with E-state index >= 15 is 0 Å². The van der Waals surface area contributed by atoms with Crippen LogP contribution >= 0.6 is 12.4 Å². The molecule has 0 saturated heterocycles. The number of amides is 2. The van der Waals surface area contributed by atoms with Gasteiger partial charge in [-0.2, -0.15) is 0 Å². The van der Waals surface area contributed by atoms with E-state index in [1.807, 2.05) is 38.1 Å². The summed E-state index contributed by atoms with van der Waals surface area (Å²) < 4.78 is 0. The van der Waals surface area contributed by atoms with Crippen LogP contribution in [0.3, 0.4) is 0 Å². The molecule has 124 valence electrons. The fraction of sp³-hybridized carbons (Fsp3) is 0.500. The Morgan fingerprint density at radius 2 is 1.64 bits per heavy atom. The molecular formula is C16H26ClN3O2. The quantitative estimate of drug-likeness (QED) is 0.749. The minimum absolute atomic E-state index is 0. The zero-order valence-electron chi connectivity index (χ0n) is 13.6. The molecule has 1 aromatic carbocycles. The van der Waals surface area contributed by atoms with Crippen LogP contribution in [0.1, 0.15) is 39.2 Å². The fourth-order valence-corrected chi connectivity index (χ4v) is 1.74. The summed E-state index contributed by atoms with van der Waals surface area (Å²) in [5.41, 5.74) is 7.63. The smallest absolute Gasteiger partial charge is 0.243 e. The number of hydrogen-bond acceptors (Lipinski definition) is 3. The predicted octanol–water partition coefficient (Wildman–Crippen LogP) is 2.27. The summed E-state index contributed by atoms with van der Waals surface area (Å²) in [5, 5.41) is 5.27. The van der Waals surface area contributed by atoms with Crippen molar-refractivity contribution in [2.75, 3.05) is 11.9 Å². The maximum absolute atomic E-state index is 11.8. The zero-order chi connectivity index (χ0) is 16.0. The van der Waals surface area contributed by atoms with Crippen molar-refractivity contribution < 1.29 is 9.59 Å². The van der Waals surface area contributed by atoms with E-state index in [9.17, 15) is 9.59 Å². The Balaban J connectivity index is 0.00000441. The maximum atomic E-state index is 11.8. The van der Waals surface area contributed by atoms with Gasteiger partial charge in [0.05, 0.1) is 12.6 Å². The van der Waals surface area contributed by atoms with Crippen LogP contribution in [0.25, 0.3) is 0 Å². The van der Waals surface area contributed by atoms with E-state index in [0.717, 1.165) is 0 Å². The lowest BCUT2D eigenvalue weighted by Gasteiger charge is -2.15. The van der Waals surface area contributed by atoms with Gasteiger partial charge in [-0.25, -0.2) is 0 Å². The fourth-order valence-electron chi connectivity index (χ4n) is 1.74. The lowest BCUT2D eigenvalue weighted by atomic mass is 10.0. The standard InChI is InChI=1S/C16H25N3O2.ClH/c1-10(2)12-5-7-13(8-6-12)19-14(20)9-18-16(21)15(17)11(3)4;/h5-8,10-11,15H,9,17H2,1-4H3,(H,18,21)(H,19,20);1H/t15-;/m0./s1. The van der Waals surface area contributed by atoms with Crippen molar-refractivity contribution in [3.63, 3.8) is 0 Å². The molecule has 0 aliphatic rings. The molecule has 0 aliphatic carbocycles. The van der Waals surface area contributed by atoms with Crippen LogP contribution in [0, 0.1) is 5.92 Å². The second-order valence-corrected chi connectivity index (χ2v) is 5.81. The summed E-state index contributed by atoms with van der Waals surface area (Å²) in [5.74, 6) is -0.0879. The highest BCUT2D eigenvalue weighted by atomic mass is 35.5. The summed E-state index contributed by atoms with van der Waals surface area (Å²) in [6, 6.07) is 7.08. The van der Waals surface area contributed by atoms with Crippen molar-refractivity contribution >= 4 is 29.9 Å². The van der Waals surface area contributed by atoms with E-state index in [1.54, 1.807) is 0 Å². The van der Waals surface area contributed by atoms with Gasteiger partial charge in [-0.1, -0.05) is 39.8 Å². The molecule has 0 aromatic heterocycles. The number of nitrogens with one attached hydrogen (secondary N) is 2. The Morgan fingerprint density at radius 3 is 2.09 bits per heavy atom. The van der Waals surface area contributed by atoms with Crippen LogP contribution in [0.5, 0.6) is 0 Å². The molecule has 22 heavy (non-hydrogen) atoms. The topological polar surface area (TPSA) is 84.2 Å². The average Bonchev–Trinajstić information content (AvgIpc) is 2.44. The molecule has 0 radical (unpaired) electrons. The summed E-state index contributed by atoms with van der Waals surface area (Å²) in [6.45, 7) is 7.87. The summed E-state index contributed by atoms with van der Waals surface area (Å²) in [6.07, 6.45) is 0. The summed E-state index contributed by atoms with van der Waals surface area (Å²) >= 11 is 0. The Labute approximate surface area is 138 Å². The van der Waals surface area contributed by atoms with Crippen LogP contribution in [-0.2, 0) is 9.59 Å². The van der Waals surface area contributed by atoms with Crippen LogP contribution in [0.15, 0.2) is 24.3 Å². The zero-order valence-corrected chi connectivity index (χ0v) is 14.4. The SMILES string of the molecule is CC(C)c1ccc(NC(=O)CNC(=O)[C@@H](N)C(C)C)cc1.Cl.